The Morgan fingerprint density at radius 2 is 1.87 bits per heavy atom. The molecule has 0 bridgehead atoms. The summed E-state index contributed by atoms with van der Waals surface area (Å²) in [6, 6.07) is 7.24. The number of ether oxygens (including phenoxy) is 1. The minimum atomic E-state index is -0.156. The third-order valence-corrected chi connectivity index (χ3v) is 4.36. The van der Waals surface area contributed by atoms with E-state index in [0.29, 0.717) is 10.7 Å². The van der Waals surface area contributed by atoms with Gasteiger partial charge in [0.1, 0.15) is 5.75 Å². The summed E-state index contributed by atoms with van der Waals surface area (Å²) in [5.74, 6) is 0.650. The van der Waals surface area contributed by atoms with E-state index in [1.165, 1.54) is 19.3 Å². The summed E-state index contributed by atoms with van der Waals surface area (Å²) in [4.78, 5) is 14.2. The fraction of sp³-hybridized carbons (Fsp3) is 0.556. The lowest BCUT2D eigenvalue weighted by molar-refractivity contribution is 0.0974. The van der Waals surface area contributed by atoms with Crippen molar-refractivity contribution in [3.8, 4) is 5.75 Å². The molecule has 1 N–H and O–H groups in total. The van der Waals surface area contributed by atoms with Gasteiger partial charge in [0, 0.05) is 18.7 Å². The normalized spacial score (nSPS) is 13.9. The van der Waals surface area contributed by atoms with Crippen LogP contribution >= 0.6 is 12.2 Å². The lowest BCUT2D eigenvalue weighted by Gasteiger charge is -2.18. The summed E-state index contributed by atoms with van der Waals surface area (Å²) in [6.45, 7) is 4.79. The van der Waals surface area contributed by atoms with E-state index < -0.39 is 0 Å². The Hall–Kier alpha value is -1.62. The molecule has 1 aromatic carbocycles. The number of carbonyl (C=O) groups is 1. The first-order valence-electron chi connectivity index (χ1n) is 8.54. The first-order chi connectivity index (χ1) is 11.2. The number of rotatable bonds is 7. The van der Waals surface area contributed by atoms with Crippen molar-refractivity contribution in [1.29, 1.82) is 0 Å². The largest absolute Gasteiger partial charge is 0.494 e. The zero-order valence-electron chi connectivity index (χ0n) is 13.8. The maximum atomic E-state index is 12.2. The number of hydrogen-bond donors (Lipinski definition) is 1. The van der Waals surface area contributed by atoms with Crippen molar-refractivity contribution in [2.75, 3.05) is 19.7 Å². The summed E-state index contributed by atoms with van der Waals surface area (Å²) in [6.07, 6.45) is 7.02. The number of unbranched alkanes of at least 4 members (excludes halogenated alkanes) is 3. The van der Waals surface area contributed by atoms with E-state index in [1.807, 2.05) is 17.0 Å². The standard InChI is InChI=1S/C18H26N2O2S/c1-2-3-4-7-14-22-16-10-8-15(9-11-16)17(21)19-18(23)20-12-5-6-13-20/h8-11H,2-7,12-14H2,1H3,(H,19,21,23). The summed E-state index contributed by atoms with van der Waals surface area (Å²) >= 11 is 5.28. The molecule has 126 valence electrons. The lowest BCUT2D eigenvalue weighted by atomic mass is 10.2. The fourth-order valence-corrected chi connectivity index (χ4v) is 2.87. The van der Waals surface area contributed by atoms with Gasteiger partial charge in [0.15, 0.2) is 5.11 Å². The molecule has 1 heterocycles. The van der Waals surface area contributed by atoms with E-state index in [0.717, 1.165) is 44.7 Å². The highest BCUT2D eigenvalue weighted by Gasteiger charge is 2.17. The highest BCUT2D eigenvalue weighted by atomic mass is 32.1. The van der Waals surface area contributed by atoms with Crippen LogP contribution in [-0.2, 0) is 0 Å². The number of benzene rings is 1. The third-order valence-electron chi connectivity index (χ3n) is 4.00. The Morgan fingerprint density at radius 3 is 2.52 bits per heavy atom. The van der Waals surface area contributed by atoms with Gasteiger partial charge in [-0.2, -0.15) is 0 Å². The van der Waals surface area contributed by atoms with Gasteiger partial charge in [-0.15, -0.1) is 0 Å². The fourth-order valence-electron chi connectivity index (χ4n) is 2.59. The average Bonchev–Trinajstić information content (AvgIpc) is 3.10. The maximum Gasteiger partial charge on any atom is 0.257 e. The van der Waals surface area contributed by atoms with Crippen LogP contribution in [0.3, 0.4) is 0 Å². The van der Waals surface area contributed by atoms with E-state index in [2.05, 4.69) is 12.2 Å². The van der Waals surface area contributed by atoms with Gasteiger partial charge < -0.3 is 9.64 Å². The second-order valence-corrected chi connectivity index (χ2v) is 6.27. The molecule has 1 fully saturated rings. The minimum Gasteiger partial charge on any atom is -0.494 e. The summed E-state index contributed by atoms with van der Waals surface area (Å²) < 4.78 is 5.68. The predicted octanol–water partition coefficient (Wildman–Crippen LogP) is 3.76. The van der Waals surface area contributed by atoms with Gasteiger partial charge >= 0.3 is 0 Å². The Bertz CT molecular complexity index is 510. The van der Waals surface area contributed by atoms with E-state index >= 15 is 0 Å². The van der Waals surface area contributed by atoms with Crippen molar-refractivity contribution in [2.45, 2.75) is 45.4 Å². The van der Waals surface area contributed by atoms with Crippen LogP contribution in [0.2, 0.25) is 0 Å². The monoisotopic (exact) mass is 334 g/mol. The molecule has 1 saturated heterocycles. The Balaban J connectivity index is 1.76. The van der Waals surface area contributed by atoms with Gasteiger partial charge in [-0.05, 0) is 55.7 Å². The first-order valence-corrected chi connectivity index (χ1v) is 8.94. The van der Waals surface area contributed by atoms with Crippen molar-refractivity contribution < 1.29 is 9.53 Å². The molecule has 4 nitrogen and oxygen atoms in total. The van der Waals surface area contributed by atoms with Gasteiger partial charge in [-0.1, -0.05) is 26.2 Å². The molecule has 5 heteroatoms. The first kappa shape index (κ1) is 17.7. The van der Waals surface area contributed by atoms with Crippen LogP contribution in [0.1, 0.15) is 55.8 Å². The Kier molecular flexibility index (Phi) is 7.33. The van der Waals surface area contributed by atoms with E-state index in [1.54, 1.807) is 12.1 Å². The highest BCUT2D eigenvalue weighted by Crippen LogP contribution is 2.14. The van der Waals surface area contributed by atoms with Crippen molar-refractivity contribution in [3.63, 3.8) is 0 Å². The number of carbonyl (C=O) groups excluding carboxylic acids is 1. The zero-order valence-corrected chi connectivity index (χ0v) is 14.7. The Labute approximate surface area is 144 Å². The molecule has 2 rings (SSSR count). The molecule has 0 spiro atoms. The molecule has 0 aromatic heterocycles. The highest BCUT2D eigenvalue weighted by molar-refractivity contribution is 7.80. The SMILES string of the molecule is CCCCCCOc1ccc(C(=O)NC(=S)N2CCCC2)cc1. The molecule has 1 aromatic rings. The van der Waals surface area contributed by atoms with E-state index in [-0.39, 0.29) is 5.91 Å². The molecule has 23 heavy (non-hydrogen) atoms. The van der Waals surface area contributed by atoms with Gasteiger partial charge in [0.2, 0.25) is 0 Å². The number of hydrogen-bond acceptors (Lipinski definition) is 3. The van der Waals surface area contributed by atoms with Crippen LogP contribution in [0.5, 0.6) is 5.75 Å². The smallest absolute Gasteiger partial charge is 0.257 e. The molecule has 1 aliphatic rings. The van der Waals surface area contributed by atoms with Crippen LogP contribution in [0.4, 0.5) is 0 Å². The molecule has 0 atom stereocenters. The Morgan fingerprint density at radius 1 is 1.17 bits per heavy atom. The van der Waals surface area contributed by atoms with E-state index in [4.69, 9.17) is 17.0 Å². The van der Waals surface area contributed by atoms with Crippen LogP contribution in [-0.4, -0.2) is 35.6 Å². The molecule has 0 aliphatic carbocycles. The second-order valence-electron chi connectivity index (χ2n) is 5.89. The van der Waals surface area contributed by atoms with Crippen LogP contribution in [0.25, 0.3) is 0 Å². The third kappa shape index (κ3) is 5.82. The number of nitrogens with one attached hydrogen (secondary N) is 1. The lowest BCUT2D eigenvalue weighted by Crippen LogP contribution is -2.41. The average molecular weight is 334 g/mol. The summed E-state index contributed by atoms with van der Waals surface area (Å²) in [5, 5.41) is 3.33. The number of nitrogens with zero attached hydrogens (tertiary/aromatic N) is 1. The van der Waals surface area contributed by atoms with Crippen LogP contribution in [0.15, 0.2) is 24.3 Å². The van der Waals surface area contributed by atoms with Crippen molar-refractivity contribution >= 4 is 23.2 Å². The molecule has 0 unspecified atom stereocenters. The summed E-state index contributed by atoms with van der Waals surface area (Å²) in [5.41, 5.74) is 0.602. The summed E-state index contributed by atoms with van der Waals surface area (Å²) in [7, 11) is 0. The minimum absolute atomic E-state index is 0.156. The van der Waals surface area contributed by atoms with Crippen molar-refractivity contribution in [1.82, 2.24) is 10.2 Å². The van der Waals surface area contributed by atoms with Gasteiger partial charge in [0.25, 0.3) is 5.91 Å². The van der Waals surface area contributed by atoms with Gasteiger partial charge in [-0.3, -0.25) is 10.1 Å². The number of amides is 1. The number of likely N-dealkylation sites (tertiary alicyclic amines) is 1. The van der Waals surface area contributed by atoms with Crippen molar-refractivity contribution in [3.05, 3.63) is 29.8 Å². The van der Waals surface area contributed by atoms with Crippen LogP contribution in [0, 0.1) is 0 Å². The molecule has 0 saturated carbocycles. The van der Waals surface area contributed by atoms with Gasteiger partial charge in [0.05, 0.1) is 6.61 Å². The molecule has 0 radical (unpaired) electrons. The quantitative estimate of drug-likeness (QED) is 0.609. The molecule has 1 aliphatic heterocycles. The molecular weight excluding hydrogens is 308 g/mol. The van der Waals surface area contributed by atoms with Crippen LogP contribution < -0.4 is 10.1 Å². The maximum absolute atomic E-state index is 12.2. The number of thiocarbonyl (C=S) groups is 1. The zero-order chi connectivity index (χ0) is 16.5. The van der Waals surface area contributed by atoms with E-state index in [9.17, 15) is 4.79 Å². The molecule has 1 amide bonds. The van der Waals surface area contributed by atoms with Gasteiger partial charge in [-0.25, -0.2) is 0 Å². The molecular formula is C18H26N2O2S. The van der Waals surface area contributed by atoms with Crippen molar-refractivity contribution in [2.24, 2.45) is 0 Å². The second kappa shape index (κ2) is 9.50. The predicted molar refractivity (Wildman–Crippen MR) is 97.0 cm³/mol. The topological polar surface area (TPSA) is 41.6 Å².